The number of aliphatic hydroxyl groups excluding tert-OH is 1. The van der Waals surface area contributed by atoms with Crippen LogP contribution in [-0.2, 0) is 17.2 Å². The number of halogens is 3. The monoisotopic (exact) mass is 424 g/mol. The lowest BCUT2D eigenvalue weighted by molar-refractivity contribution is -0.0848. The van der Waals surface area contributed by atoms with Crippen molar-refractivity contribution in [2.45, 2.75) is 51.0 Å². The molecule has 0 saturated carbocycles. The molecule has 0 aromatic heterocycles. The van der Waals surface area contributed by atoms with E-state index in [1.807, 2.05) is 0 Å². The van der Waals surface area contributed by atoms with Gasteiger partial charge in [0, 0.05) is 18.7 Å². The molecule has 0 unspecified atom stereocenters. The molecule has 1 amide bonds. The zero-order valence-corrected chi connectivity index (χ0v) is 17.2. The van der Waals surface area contributed by atoms with Crippen LogP contribution in [0.25, 0.3) is 0 Å². The number of hydrogen-bond acceptors (Lipinski definition) is 4. The van der Waals surface area contributed by atoms with Crippen LogP contribution in [0.3, 0.4) is 0 Å². The molecule has 0 fully saturated rings. The Hall–Kier alpha value is -2.58. The smallest absolute Gasteiger partial charge is 0.408 e. The van der Waals surface area contributed by atoms with Gasteiger partial charge in [0.25, 0.3) is 5.92 Å². The van der Waals surface area contributed by atoms with Crippen LogP contribution in [0.5, 0.6) is 0 Å². The molecule has 0 radical (unpaired) electrons. The van der Waals surface area contributed by atoms with Gasteiger partial charge in [-0.2, -0.15) is 8.78 Å². The Morgan fingerprint density at radius 3 is 2.37 bits per heavy atom. The van der Waals surface area contributed by atoms with Crippen molar-refractivity contribution in [3.63, 3.8) is 0 Å². The summed E-state index contributed by atoms with van der Waals surface area (Å²) in [5.74, 6) is -3.99. The average Bonchev–Trinajstić information content (AvgIpc) is 2.65. The Labute approximate surface area is 174 Å². The highest BCUT2D eigenvalue weighted by Gasteiger charge is 2.46. The van der Waals surface area contributed by atoms with Gasteiger partial charge in [0.1, 0.15) is 17.5 Å². The highest BCUT2D eigenvalue weighted by atomic mass is 19.3. The van der Waals surface area contributed by atoms with E-state index in [9.17, 15) is 14.3 Å². The molecular weight excluding hydrogens is 397 g/mol. The van der Waals surface area contributed by atoms with E-state index in [4.69, 9.17) is 4.74 Å². The maximum Gasteiger partial charge on any atom is 0.408 e. The molecule has 2 atom stereocenters. The van der Waals surface area contributed by atoms with Crippen LogP contribution in [0.1, 0.15) is 31.9 Å². The molecule has 3 N–H and O–H groups in total. The molecule has 2 aromatic carbocycles. The summed E-state index contributed by atoms with van der Waals surface area (Å²) in [5, 5.41) is 15.4. The van der Waals surface area contributed by atoms with E-state index in [0.717, 1.165) is 0 Å². The normalized spacial score (nSPS) is 14.1. The predicted octanol–water partition coefficient (Wildman–Crippen LogP) is 3.96. The molecule has 0 saturated heterocycles. The van der Waals surface area contributed by atoms with Gasteiger partial charge in [-0.05, 0) is 38.5 Å². The standard InChI is InChI=1S/C22H27F3N2O3/c1-21(2,3)30-20(29)27-19(22(24,25)16-9-5-4-6-10-16)18(28)14-26-13-15-8-7-11-17(23)12-15/h4-12,18-19,26,28H,13-14H2,1-3H3,(H,27,29)/t18-,19-/m1/s1. The van der Waals surface area contributed by atoms with Crippen molar-refractivity contribution >= 4 is 6.09 Å². The second-order valence-corrected chi connectivity index (χ2v) is 7.94. The fourth-order valence-corrected chi connectivity index (χ4v) is 2.83. The third kappa shape index (κ3) is 7.03. The Kier molecular flexibility index (Phi) is 7.86. The number of carbonyl (C=O) groups excluding carboxylic acids is 1. The quantitative estimate of drug-likeness (QED) is 0.600. The van der Waals surface area contributed by atoms with Crippen LogP contribution in [0.2, 0.25) is 0 Å². The maximum atomic E-state index is 15.2. The topological polar surface area (TPSA) is 70.6 Å². The SMILES string of the molecule is CC(C)(C)OC(=O)N[C@H]([C@H](O)CNCc1cccc(F)c1)C(F)(F)c1ccccc1. The van der Waals surface area contributed by atoms with Gasteiger partial charge in [-0.1, -0.05) is 42.5 Å². The molecule has 0 aliphatic heterocycles. The van der Waals surface area contributed by atoms with E-state index in [1.54, 1.807) is 32.9 Å². The fraction of sp³-hybridized carbons (Fsp3) is 0.409. The number of rotatable bonds is 8. The summed E-state index contributed by atoms with van der Waals surface area (Å²) in [5.41, 5.74) is -0.652. The van der Waals surface area contributed by atoms with Crippen molar-refractivity contribution in [3.8, 4) is 0 Å². The zero-order valence-electron chi connectivity index (χ0n) is 17.2. The Morgan fingerprint density at radius 2 is 1.77 bits per heavy atom. The van der Waals surface area contributed by atoms with Crippen LogP contribution in [0.15, 0.2) is 54.6 Å². The molecule has 0 aliphatic rings. The molecule has 0 aliphatic carbocycles. The molecule has 5 nitrogen and oxygen atoms in total. The summed E-state index contributed by atoms with van der Waals surface area (Å²) in [7, 11) is 0. The highest BCUT2D eigenvalue weighted by molar-refractivity contribution is 5.68. The number of hydrogen-bond donors (Lipinski definition) is 3. The first-order valence-electron chi connectivity index (χ1n) is 9.55. The Morgan fingerprint density at radius 1 is 1.10 bits per heavy atom. The summed E-state index contributed by atoms with van der Waals surface area (Å²) in [6.45, 7) is 4.71. The van der Waals surface area contributed by atoms with Gasteiger partial charge in [0.05, 0.1) is 6.10 Å². The number of alkyl halides is 2. The summed E-state index contributed by atoms with van der Waals surface area (Å²) in [4.78, 5) is 12.1. The number of benzene rings is 2. The molecule has 164 valence electrons. The zero-order chi connectivity index (χ0) is 22.4. The van der Waals surface area contributed by atoms with Crippen molar-refractivity contribution in [1.29, 1.82) is 0 Å². The molecular formula is C22H27F3N2O3. The molecule has 0 spiro atoms. The van der Waals surface area contributed by atoms with Gasteiger partial charge in [0.15, 0.2) is 0 Å². The number of alkyl carbamates (subject to hydrolysis) is 1. The van der Waals surface area contributed by atoms with Gasteiger partial charge in [-0.25, -0.2) is 9.18 Å². The lowest BCUT2D eigenvalue weighted by Crippen LogP contribution is -2.56. The number of amides is 1. The van der Waals surface area contributed by atoms with E-state index in [-0.39, 0.29) is 18.7 Å². The fourth-order valence-electron chi connectivity index (χ4n) is 2.83. The summed E-state index contributed by atoms with van der Waals surface area (Å²) < 4.78 is 48.7. The van der Waals surface area contributed by atoms with Crippen LogP contribution in [0, 0.1) is 5.82 Å². The van der Waals surface area contributed by atoms with E-state index in [2.05, 4.69) is 10.6 Å². The molecule has 30 heavy (non-hydrogen) atoms. The third-order valence-corrected chi connectivity index (χ3v) is 4.18. The van der Waals surface area contributed by atoms with Gasteiger partial charge < -0.3 is 20.5 Å². The number of carbonyl (C=O) groups is 1. The second-order valence-electron chi connectivity index (χ2n) is 7.94. The van der Waals surface area contributed by atoms with Crippen molar-refractivity contribution in [2.24, 2.45) is 0 Å². The van der Waals surface area contributed by atoms with E-state index < -0.39 is 35.6 Å². The minimum absolute atomic E-state index is 0.158. The summed E-state index contributed by atoms with van der Waals surface area (Å²) >= 11 is 0. The van der Waals surface area contributed by atoms with Crippen molar-refractivity contribution in [3.05, 3.63) is 71.5 Å². The average molecular weight is 424 g/mol. The van der Waals surface area contributed by atoms with Crippen LogP contribution in [-0.4, -0.2) is 35.5 Å². The second kappa shape index (κ2) is 9.95. The molecule has 2 aromatic rings. The third-order valence-electron chi connectivity index (χ3n) is 4.18. The first-order valence-corrected chi connectivity index (χ1v) is 9.55. The van der Waals surface area contributed by atoms with Crippen molar-refractivity contribution in [1.82, 2.24) is 10.6 Å². The first-order chi connectivity index (χ1) is 14.0. The minimum Gasteiger partial charge on any atom is -0.444 e. The van der Waals surface area contributed by atoms with E-state index >= 15 is 8.78 Å². The summed E-state index contributed by atoms with van der Waals surface area (Å²) in [6, 6.07) is 10.8. The highest BCUT2D eigenvalue weighted by Crippen LogP contribution is 2.33. The van der Waals surface area contributed by atoms with Gasteiger partial charge in [0.2, 0.25) is 0 Å². The lowest BCUT2D eigenvalue weighted by Gasteiger charge is -2.32. The van der Waals surface area contributed by atoms with Gasteiger partial charge in [-0.3, -0.25) is 0 Å². The van der Waals surface area contributed by atoms with Crippen LogP contribution in [0.4, 0.5) is 18.0 Å². The largest absolute Gasteiger partial charge is 0.444 e. The maximum absolute atomic E-state index is 15.2. The Balaban J connectivity index is 2.13. The van der Waals surface area contributed by atoms with Crippen LogP contribution >= 0.6 is 0 Å². The van der Waals surface area contributed by atoms with Crippen molar-refractivity contribution < 1.29 is 27.8 Å². The number of ether oxygens (including phenoxy) is 1. The molecule has 0 heterocycles. The van der Waals surface area contributed by atoms with Gasteiger partial charge in [-0.15, -0.1) is 0 Å². The van der Waals surface area contributed by atoms with E-state index in [0.29, 0.717) is 5.56 Å². The van der Waals surface area contributed by atoms with Gasteiger partial charge >= 0.3 is 6.09 Å². The first kappa shape index (κ1) is 23.7. The van der Waals surface area contributed by atoms with Crippen molar-refractivity contribution in [2.75, 3.05) is 6.54 Å². The number of nitrogens with one attached hydrogen (secondary N) is 2. The lowest BCUT2D eigenvalue weighted by atomic mass is 9.96. The summed E-state index contributed by atoms with van der Waals surface area (Å²) in [6.07, 6.45) is -2.71. The molecule has 0 bridgehead atoms. The Bertz CT molecular complexity index is 826. The molecule has 8 heteroatoms. The number of aliphatic hydroxyl groups is 1. The van der Waals surface area contributed by atoms with Crippen LogP contribution < -0.4 is 10.6 Å². The molecule has 2 rings (SSSR count). The van der Waals surface area contributed by atoms with E-state index in [1.165, 1.54) is 42.5 Å². The minimum atomic E-state index is -3.57. The predicted molar refractivity (Wildman–Crippen MR) is 108 cm³/mol.